The zero-order valence-electron chi connectivity index (χ0n) is 18.3. The highest BCUT2D eigenvalue weighted by Crippen LogP contribution is 2.34. The van der Waals surface area contributed by atoms with Crippen molar-refractivity contribution in [3.8, 4) is 0 Å². The monoisotopic (exact) mass is 434 g/mol. The number of nitro groups is 1. The van der Waals surface area contributed by atoms with Crippen LogP contribution in [-0.4, -0.2) is 46.5 Å². The maximum atomic E-state index is 11.9. The topological polar surface area (TPSA) is 107 Å². The molecule has 3 aromatic rings. The van der Waals surface area contributed by atoms with E-state index in [1.807, 2.05) is 30.1 Å². The van der Waals surface area contributed by atoms with Crippen molar-refractivity contribution in [1.29, 1.82) is 0 Å². The van der Waals surface area contributed by atoms with Gasteiger partial charge in [-0.05, 0) is 44.5 Å². The Morgan fingerprint density at radius 3 is 2.88 bits per heavy atom. The molecule has 1 fully saturated rings. The summed E-state index contributed by atoms with van der Waals surface area (Å²) in [6, 6.07) is 10.8. The number of piperidine rings is 1. The second-order valence-corrected chi connectivity index (χ2v) is 8.31. The molecule has 0 amide bonds. The van der Waals surface area contributed by atoms with Crippen LogP contribution in [0.25, 0.3) is 10.9 Å². The number of H-pyrrole nitrogens is 1. The van der Waals surface area contributed by atoms with Crippen LogP contribution in [0.4, 0.5) is 23.0 Å². The summed E-state index contributed by atoms with van der Waals surface area (Å²) in [5.41, 5.74) is 2.33. The van der Waals surface area contributed by atoms with Crippen molar-refractivity contribution in [2.45, 2.75) is 38.8 Å². The smallest absolute Gasteiger partial charge is 0.270 e. The zero-order valence-corrected chi connectivity index (χ0v) is 18.3. The molecule has 2 aromatic heterocycles. The van der Waals surface area contributed by atoms with Gasteiger partial charge in [0, 0.05) is 61.3 Å². The molecule has 1 atom stereocenters. The SMILES string of the molecule is CC(C)Nc1cccnc1N(C)C1CCN(c2cc3cc([N+](=O)[O-])ccc3[nH]2)C(=C=O)C1. The standard InChI is InChI=1S/C23H26N6O3/c1-15(2)25-21-5-4-9-24-23(21)27(3)17-8-10-28(19(13-17)14-30)22-12-16-11-18(29(31)32)6-7-20(16)26-22/h4-7,9,11-12,15,17,25-26H,8,10,13H2,1-3H3. The van der Waals surface area contributed by atoms with Crippen LogP contribution in [0.15, 0.2) is 48.3 Å². The maximum Gasteiger partial charge on any atom is 0.270 e. The van der Waals surface area contributed by atoms with E-state index in [2.05, 4.69) is 40.0 Å². The Balaban J connectivity index is 1.56. The summed E-state index contributed by atoms with van der Waals surface area (Å²) in [5, 5.41) is 15.2. The molecule has 1 aliphatic rings. The van der Waals surface area contributed by atoms with E-state index in [0.717, 1.165) is 34.6 Å². The van der Waals surface area contributed by atoms with Crippen molar-refractivity contribution >= 4 is 39.9 Å². The first kappa shape index (κ1) is 21.4. The summed E-state index contributed by atoms with van der Waals surface area (Å²) < 4.78 is 0. The van der Waals surface area contributed by atoms with E-state index in [9.17, 15) is 14.9 Å². The Labute approximate surface area is 185 Å². The van der Waals surface area contributed by atoms with Crippen LogP contribution in [0.1, 0.15) is 26.7 Å². The number of hydrogen-bond donors (Lipinski definition) is 2. The molecule has 0 bridgehead atoms. The Morgan fingerprint density at radius 2 is 2.16 bits per heavy atom. The van der Waals surface area contributed by atoms with Gasteiger partial charge in [0.05, 0.1) is 10.6 Å². The number of anilines is 3. The molecule has 0 radical (unpaired) electrons. The van der Waals surface area contributed by atoms with Crippen LogP contribution in [-0.2, 0) is 4.79 Å². The molecule has 3 heterocycles. The highest BCUT2D eigenvalue weighted by atomic mass is 16.6. The van der Waals surface area contributed by atoms with E-state index in [-0.39, 0.29) is 17.8 Å². The Morgan fingerprint density at radius 1 is 1.34 bits per heavy atom. The quantitative estimate of drug-likeness (QED) is 0.341. The van der Waals surface area contributed by atoms with Crippen molar-refractivity contribution < 1.29 is 9.72 Å². The van der Waals surface area contributed by atoms with Crippen LogP contribution < -0.4 is 15.1 Å². The van der Waals surface area contributed by atoms with Crippen molar-refractivity contribution in [2.24, 2.45) is 0 Å². The average molecular weight is 435 g/mol. The second-order valence-electron chi connectivity index (χ2n) is 8.31. The Bertz CT molecular complexity index is 1200. The number of aromatic nitrogens is 2. The number of nitro benzene ring substituents is 1. The molecule has 0 saturated carbocycles. The number of carbonyl (C=O) groups excluding carboxylic acids is 1. The summed E-state index contributed by atoms with van der Waals surface area (Å²) in [6.45, 7) is 4.78. The second kappa shape index (κ2) is 8.72. The third kappa shape index (κ3) is 4.15. The van der Waals surface area contributed by atoms with Gasteiger partial charge in [-0.2, -0.15) is 0 Å². The molecule has 1 unspecified atom stereocenters. The largest absolute Gasteiger partial charge is 0.380 e. The predicted molar refractivity (Wildman–Crippen MR) is 126 cm³/mol. The lowest BCUT2D eigenvalue weighted by atomic mass is 10.0. The number of aromatic amines is 1. The Kier molecular flexibility index (Phi) is 5.83. The van der Waals surface area contributed by atoms with Crippen LogP contribution >= 0.6 is 0 Å². The predicted octanol–water partition coefficient (Wildman–Crippen LogP) is 4.11. The van der Waals surface area contributed by atoms with Crippen LogP contribution in [0.3, 0.4) is 0 Å². The van der Waals surface area contributed by atoms with Gasteiger partial charge >= 0.3 is 0 Å². The number of pyridine rings is 1. The van der Waals surface area contributed by atoms with Crippen LogP contribution in [0.5, 0.6) is 0 Å². The first-order chi connectivity index (χ1) is 15.4. The fourth-order valence-electron chi connectivity index (χ4n) is 4.18. The molecule has 166 valence electrons. The minimum atomic E-state index is -0.412. The van der Waals surface area contributed by atoms with Crippen molar-refractivity contribution in [1.82, 2.24) is 9.97 Å². The summed E-state index contributed by atoms with van der Waals surface area (Å²) >= 11 is 0. The van der Waals surface area contributed by atoms with Crippen molar-refractivity contribution in [2.75, 3.05) is 28.7 Å². The van der Waals surface area contributed by atoms with E-state index in [0.29, 0.717) is 18.7 Å². The lowest BCUT2D eigenvalue weighted by Crippen LogP contribution is -2.43. The number of hydrogen-bond acceptors (Lipinski definition) is 7. The van der Waals surface area contributed by atoms with Crippen LogP contribution in [0, 0.1) is 10.1 Å². The maximum absolute atomic E-state index is 11.9. The van der Waals surface area contributed by atoms with E-state index < -0.39 is 4.92 Å². The van der Waals surface area contributed by atoms with Crippen molar-refractivity contribution in [3.63, 3.8) is 0 Å². The van der Waals surface area contributed by atoms with Gasteiger partial charge in [0.25, 0.3) is 5.69 Å². The van der Waals surface area contributed by atoms with Gasteiger partial charge in [0.15, 0.2) is 5.82 Å². The average Bonchev–Trinajstić information content (AvgIpc) is 3.21. The third-order valence-electron chi connectivity index (χ3n) is 5.76. The number of rotatable bonds is 6. The normalized spacial score (nSPS) is 16.3. The summed E-state index contributed by atoms with van der Waals surface area (Å²) in [6.07, 6.45) is 3.11. The highest BCUT2D eigenvalue weighted by Gasteiger charge is 2.30. The molecule has 1 aromatic carbocycles. The molecule has 2 N–H and O–H groups in total. The van der Waals surface area contributed by atoms with E-state index in [1.54, 1.807) is 12.3 Å². The van der Waals surface area contributed by atoms with Gasteiger partial charge < -0.3 is 20.1 Å². The molecule has 9 heteroatoms. The van der Waals surface area contributed by atoms with Gasteiger partial charge in [0.2, 0.25) is 0 Å². The number of benzene rings is 1. The van der Waals surface area contributed by atoms with Gasteiger partial charge in [0.1, 0.15) is 17.5 Å². The van der Waals surface area contributed by atoms with Gasteiger partial charge in [-0.3, -0.25) is 10.1 Å². The van der Waals surface area contributed by atoms with E-state index in [4.69, 9.17) is 0 Å². The summed E-state index contributed by atoms with van der Waals surface area (Å²) in [5.74, 6) is 3.70. The number of nitrogens with zero attached hydrogens (tertiary/aromatic N) is 4. The molecule has 0 spiro atoms. The summed E-state index contributed by atoms with van der Waals surface area (Å²) in [4.78, 5) is 34.4. The minimum absolute atomic E-state index is 0.0377. The molecule has 1 saturated heterocycles. The van der Waals surface area contributed by atoms with E-state index in [1.165, 1.54) is 12.1 Å². The lowest BCUT2D eigenvalue weighted by Gasteiger charge is -2.38. The fourth-order valence-corrected chi connectivity index (χ4v) is 4.18. The van der Waals surface area contributed by atoms with Crippen LogP contribution in [0.2, 0.25) is 0 Å². The highest BCUT2D eigenvalue weighted by molar-refractivity contribution is 5.87. The molecule has 1 aliphatic heterocycles. The van der Waals surface area contributed by atoms with Gasteiger partial charge in [-0.25, -0.2) is 9.78 Å². The molecule has 0 aliphatic carbocycles. The van der Waals surface area contributed by atoms with Gasteiger partial charge in [-0.1, -0.05) is 0 Å². The minimum Gasteiger partial charge on any atom is -0.380 e. The number of fused-ring (bicyclic) bond motifs is 1. The molecular formula is C23H26N6O3. The zero-order chi connectivity index (χ0) is 22.8. The van der Waals surface area contributed by atoms with Gasteiger partial charge in [-0.15, -0.1) is 0 Å². The number of non-ortho nitro benzene ring substituents is 1. The lowest BCUT2D eigenvalue weighted by molar-refractivity contribution is -0.384. The van der Waals surface area contributed by atoms with E-state index >= 15 is 0 Å². The van der Waals surface area contributed by atoms with Crippen molar-refractivity contribution in [3.05, 3.63) is 58.4 Å². The first-order valence-electron chi connectivity index (χ1n) is 10.6. The molecular weight excluding hydrogens is 408 g/mol. The third-order valence-corrected chi connectivity index (χ3v) is 5.76. The summed E-state index contributed by atoms with van der Waals surface area (Å²) in [7, 11) is 2.00. The molecule has 4 rings (SSSR count). The first-order valence-corrected chi connectivity index (χ1v) is 10.6. The molecule has 32 heavy (non-hydrogen) atoms. The fraction of sp³-hybridized carbons (Fsp3) is 0.348. The Hall–Kier alpha value is -3.84. The number of nitrogens with one attached hydrogen (secondary N) is 2. The molecule has 9 nitrogen and oxygen atoms in total.